The molecule has 0 spiro atoms. The number of ether oxygens (including phenoxy) is 2. The zero-order valence-electron chi connectivity index (χ0n) is 10.8. The molecular formula is C13H16N4O2. The standard InChI is InChI=1S/C13H16N4O2/c1-18-10-3-4-11(12(5-10)19-2)13(17-14)9-6-15-8-16-7-9/h3-8,13,17H,14H2,1-2H3. The van der Waals surface area contributed by atoms with Gasteiger partial charge in [0.2, 0.25) is 0 Å². The van der Waals surface area contributed by atoms with Crippen LogP contribution < -0.4 is 20.7 Å². The molecular weight excluding hydrogens is 244 g/mol. The van der Waals surface area contributed by atoms with Gasteiger partial charge in [-0.05, 0) is 12.1 Å². The van der Waals surface area contributed by atoms with Crippen LogP contribution in [0, 0.1) is 0 Å². The zero-order valence-corrected chi connectivity index (χ0v) is 10.8. The molecule has 0 radical (unpaired) electrons. The van der Waals surface area contributed by atoms with E-state index in [-0.39, 0.29) is 6.04 Å². The van der Waals surface area contributed by atoms with Crippen LogP contribution in [0.15, 0.2) is 36.9 Å². The molecule has 2 aromatic rings. The zero-order chi connectivity index (χ0) is 13.7. The monoisotopic (exact) mass is 260 g/mol. The van der Waals surface area contributed by atoms with E-state index in [1.807, 2.05) is 18.2 Å². The van der Waals surface area contributed by atoms with Crippen LogP contribution in [0.5, 0.6) is 11.5 Å². The van der Waals surface area contributed by atoms with E-state index in [1.165, 1.54) is 6.33 Å². The summed E-state index contributed by atoms with van der Waals surface area (Å²) in [6.07, 6.45) is 4.89. The van der Waals surface area contributed by atoms with Gasteiger partial charge in [-0.1, -0.05) is 0 Å². The predicted octanol–water partition coefficient (Wildman–Crippen LogP) is 1.05. The summed E-state index contributed by atoms with van der Waals surface area (Å²) in [6, 6.07) is 5.31. The Morgan fingerprint density at radius 2 is 1.89 bits per heavy atom. The largest absolute Gasteiger partial charge is 0.497 e. The second kappa shape index (κ2) is 6.12. The maximum absolute atomic E-state index is 5.64. The molecule has 19 heavy (non-hydrogen) atoms. The van der Waals surface area contributed by atoms with Gasteiger partial charge in [0, 0.05) is 29.6 Å². The smallest absolute Gasteiger partial charge is 0.127 e. The van der Waals surface area contributed by atoms with E-state index < -0.39 is 0 Å². The number of nitrogens with two attached hydrogens (primary N) is 1. The number of nitrogens with one attached hydrogen (secondary N) is 1. The average molecular weight is 260 g/mol. The summed E-state index contributed by atoms with van der Waals surface area (Å²) in [5.74, 6) is 7.05. The van der Waals surface area contributed by atoms with Gasteiger partial charge in [-0.25, -0.2) is 15.4 Å². The Morgan fingerprint density at radius 1 is 1.16 bits per heavy atom. The van der Waals surface area contributed by atoms with E-state index >= 15 is 0 Å². The van der Waals surface area contributed by atoms with Crippen molar-refractivity contribution in [2.24, 2.45) is 5.84 Å². The Balaban J connectivity index is 2.43. The third kappa shape index (κ3) is 2.81. The molecule has 6 heteroatoms. The minimum atomic E-state index is -0.248. The normalized spacial score (nSPS) is 11.9. The van der Waals surface area contributed by atoms with E-state index in [1.54, 1.807) is 26.6 Å². The molecule has 0 amide bonds. The van der Waals surface area contributed by atoms with E-state index in [4.69, 9.17) is 15.3 Å². The number of hydrogen-bond donors (Lipinski definition) is 2. The van der Waals surface area contributed by atoms with Crippen molar-refractivity contribution in [2.45, 2.75) is 6.04 Å². The molecule has 0 aliphatic heterocycles. The van der Waals surface area contributed by atoms with Crippen molar-refractivity contribution in [3.63, 3.8) is 0 Å². The Kier molecular flexibility index (Phi) is 4.27. The van der Waals surface area contributed by atoms with Gasteiger partial charge in [-0.3, -0.25) is 5.84 Å². The maximum atomic E-state index is 5.64. The minimum Gasteiger partial charge on any atom is -0.497 e. The molecule has 100 valence electrons. The Hall–Kier alpha value is -2.18. The maximum Gasteiger partial charge on any atom is 0.127 e. The first-order valence-corrected chi connectivity index (χ1v) is 5.73. The fourth-order valence-corrected chi connectivity index (χ4v) is 1.88. The van der Waals surface area contributed by atoms with Crippen LogP contribution in [-0.2, 0) is 0 Å². The summed E-state index contributed by atoms with van der Waals surface area (Å²) < 4.78 is 10.6. The van der Waals surface area contributed by atoms with Gasteiger partial charge in [-0.15, -0.1) is 0 Å². The van der Waals surface area contributed by atoms with Crippen LogP contribution in [0.25, 0.3) is 0 Å². The molecule has 0 bridgehead atoms. The highest BCUT2D eigenvalue weighted by Crippen LogP contribution is 2.32. The van der Waals surface area contributed by atoms with Crippen LogP contribution in [0.4, 0.5) is 0 Å². The van der Waals surface area contributed by atoms with E-state index in [0.29, 0.717) is 5.75 Å². The van der Waals surface area contributed by atoms with E-state index in [2.05, 4.69) is 15.4 Å². The average Bonchev–Trinajstić information content (AvgIpc) is 2.49. The number of aromatic nitrogens is 2. The molecule has 0 saturated heterocycles. The number of methoxy groups -OCH3 is 2. The molecule has 1 unspecified atom stereocenters. The highest BCUT2D eigenvalue weighted by Gasteiger charge is 2.18. The van der Waals surface area contributed by atoms with Crippen molar-refractivity contribution in [2.75, 3.05) is 14.2 Å². The fraction of sp³-hybridized carbons (Fsp3) is 0.231. The van der Waals surface area contributed by atoms with E-state index in [0.717, 1.165) is 16.9 Å². The van der Waals surface area contributed by atoms with Gasteiger partial charge in [-0.2, -0.15) is 0 Å². The molecule has 1 heterocycles. The van der Waals surface area contributed by atoms with Crippen molar-refractivity contribution >= 4 is 0 Å². The molecule has 0 fully saturated rings. The van der Waals surface area contributed by atoms with Crippen LogP contribution in [0.3, 0.4) is 0 Å². The quantitative estimate of drug-likeness (QED) is 0.617. The second-order valence-corrected chi connectivity index (χ2v) is 3.88. The lowest BCUT2D eigenvalue weighted by Gasteiger charge is -2.19. The Labute approximate surface area is 111 Å². The number of nitrogens with zero attached hydrogens (tertiary/aromatic N) is 2. The molecule has 1 aromatic heterocycles. The van der Waals surface area contributed by atoms with Crippen LogP contribution >= 0.6 is 0 Å². The van der Waals surface area contributed by atoms with Crippen molar-refractivity contribution < 1.29 is 9.47 Å². The molecule has 0 aliphatic rings. The summed E-state index contributed by atoms with van der Waals surface area (Å²) >= 11 is 0. The van der Waals surface area contributed by atoms with E-state index in [9.17, 15) is 0 Å². The molecule has 3 N–H and O–H groups in total. The van der Waals surface area contributed by atoms with Gasteiger partial charge in [0.25, 0.3) is 0 Å². The lowest BCUT2D eigenvalue weighted by molar-refractivity contribution is 0.387. The van der Waals surface area contributed by atoms with Gasteiger partial charge < -0.3 is 9.47 Å². The summed E-state index contributed by atoms with van der Waals surface area (Å²) in [5, 5.41) is 0. The number of hydrogen-bond acceptors (Lipinski definition) is 6. The molecule has 6 nitrogen and oxygen atoms in total. The summed E-state index contributed by atoms with van der Waals surface area (Å²) in [7, 11) is 3.21. The first kappa shape index (κ1) is 13.3. The predicted molar refractivity (Wildman–Crippen MR) is 70.7 cm³/mol. The lowest BCUT2D eigenvalue weighted by Crippen LogP contribution is -2.29. The Bertz CT molecular complexity index is 533. The third-order valence-corrected chi connectivity index (χ3v) is 2.83. The molecule has 1 atom stereocenters. The van der Waals surface area contributed by atoms with Crippen molar-refractivity contribution in [1.82, 2.24) is 15.4 Å². The SMILES string of the molecule is COc1ccc(C(NN)c2cncnc2)c(OC)c1. The number of rotatable bonds is 5. The summed E-state index contributed by atoms with van der Waals surface area (Å²) in [6.45, 7) is 0. The van der Waals surface area contributed by atoms with Crippen LogP contribution in [0.1, 0.15) is 17.2 Å². The summed E-state index contributed by atoms with van der Waals surface area (Å²) in [4.78, 5) is 7.99. The highest BCUT2D eigenvalue weighted by molar-refractivity contribution is 5.45. The van der Waals surface area contributed by atoms with Crippen molar-refractivity contribution in [1.29, 1.82) is 0 Å². The molecule has 2 rings (SSSR count). The fourth-order valence-electron chi connectivity index (χ4n) is 1.88. The van der Waals surface area contributed by atoms with Gasteiger partial charge >= 0.3 is 0 Å². The van der Waals surface area contributed by atoms with Crippen molar-refractivity contribution in [3.05, 3.63) is 48.0 Å². The Morgan fingerprint density at radius 3 is 2.47 bits per heavy atom. The molecule has 0 aliphatic carbocycles. The lowest BCUT2D eigenvalue weighted by atomic mass is 10.0. The van der Waals surface area contributed by atoms with Gasteiger partial charge in [0.15, 0.2) is 0 Å². The number of hydrazine groups is 1. The summed E-state index contributed by atoms with van der Waals surface area (Å²) in [5.41, 5.74) is 4.49. The number of benzene rings is 1. The van der Waals surface area contributed by atoms with Crippen molar-refractivity contribution in [3.8, 4) is 11.5 Å². The van der Waals surface area contributed by atoms with Crippen LogP contribution in [0.2, 0.25) is 0 Å². The van der Waals surface area contributed by atoms with Crippen LogP contribution in [-0.4, -0.2) is 24.2 Å². The topological polar surface area (TPSA) is 82.3 Å². The first-order chi connectivity index (χ1) is 9.30. The molecule has 0 saturated carbocycles. The first-order valence-electron chi connectivity index (χ1n) is 5.73. The molecule has 1 aromatic carbocycles. The van der Waals surface area contributed by atoms with Gasteiger partial charge in [0.1, 0.15) is 17.8 Å². The van der Waals surface area contributed by atoms with Gasteiger partial charge in [0.05, 0.1) is 20.3 Å². The third-order valence-electron chi connectivity index (χ3n) is 2.83. The highest BCUT2D eigenvalue weighted by atomic mass is 16.5. The second-order valence-electron chi connectivity index (χ2n) is 3.88. The minimum absolute atomic E-state index is 0.248.